The van der Waals surface area contributed by atoms with Gasteiger partial charge in [0.2, 0.25) is 5.89 Å². The van der Waals surface area contributed by atoms with Crippen molar-refractivity contribution in [2.75, 3.05) is 31.1 Å². The monoisotopic (exact) mass is 320 g/mol. The van der Waals surface area contributed by atoms with Crippen molar-refractivity contribution in [1.82, 2.24) is 15.0 Å². The summed E-state index contributed by atoms with van der Waals surface area (Å²) in [5, 5.41) is 4.80. The van der Waals surface area contributed by atoms with Crippen LogP contribution in [0.3, 0.4) is 0 Å². The molecule has 0 aliphatic carbocycles. The van der Waals surface area contributed by atoms with Gasteiger partial charge in [0, 0.05) is 32.6 Å². The Kier molecular flexibility index (Phi) is 4.64. The van der Waals surface area contributed by atoms with Gasteiger partial charge in [-0.2, -0.15) is 4.98 Å². The fraction of sp³-hybridized carbons (Fsp3) is 0.500. The number of aryl methyl sites for hydroxylation is 1. The maximum atomic E-state index is 6.28. The number of piperazine rings is 1. The number of hydrogen-bond donors (Lipinski definition) is 0. The Hall–Kier alpha value is -1.59. The average Bonchev–Trinajstić information content (AvgIpc) is 3.04. The van der Waals surface area contributed by atoms with Crippen molar-refractivity contribution in [3.05, 3.63) is 41.0 Å². The molecule has 0 unspecified atom stereocenters. The number of nitrogens with zero attached hydrogens (tertiary/aromatic N) is 4. The second kappa shape index (κ2) is 6.67. The molecule has 1 aromatic carbocycles. The molecule has 0 amide bonds. The lowest BCUT2D eigenvalue weighted by Crippen LogP contribution is -2.47. The van der Waals surface area contributed by atoms with E-state index in [9.17, 15) is 0 Å². The topological polar surface area (TPSA) is 45.4 Å². The number of para-hydroxylation sites is 1. The van der Waals surface area contributed by atoms with E-state index in [0.717, 1.165) is 49.1 Å². The third-order valence-electron chi connectivity index (χ3n) is 4.21. The molecule has 2 aromatic rings. The van der Waals surface area contributed by atoms with Gasteiger partial charge < -0.3 is 9.42 Å². The first-order valence-electron chi connectivity index (χ1n) is 7.75. The van der Waals surface area contributed by atoms with Crippen molar-refractivity contribution in [1.29, 1.82) is 0 Å². The SMILES string of the molecule is CCc1noc([C@H](C)N2CCN(c3ccccc3Cl)CC2)n1. The lowest BCUT2D eigenvalue weighted by atomic mass is 10.2. The number of rotatable bonds is 4. The van der Waals surface area contributed by atoms with E-state index < -0.39 is 0 Å². The zero-order chi connectivity index (χ0) is 15.5. The molecule has 6 heteroatoms. The molecule has 0 N–H and O–H groups in total. The lowest BCUT2D eigenvalue weighted by molar-refractivity contribution is 0.164. The van der Waals surface area contributed by atoms with Gasteiger partial charge in [0.05, 0.1) is 16.8 Å². The summed E-state index contributed by atoms with van der Waals surface area (Å²) in [5.74, 6) is 1.49. The molecule has 1 aliphatic rings. The van der Waals surface area contributed by atoms with Crippen molar-refractivity contribution >= 4 is 17.3 Å². The van der Waals surface area contributed by atoms with Gasteiger partial charge in [-0.25, -0.2) is 0 Å². The summed E-state index contributed by atoms with van der Waals surface area (Å²) in [7, 11) is 0. The fourth-order valence-electron chi connectivity index (χ4n) is 2.80. The van der Waals surface area contributed by atoms with Crippen LogP contribution in [0.1, 0.15) is 31.6 Å². The van der Waals surface area contributed by atoms with Gasteiger partial charge in [-0.05, 0) is 19.1 Å². The Balaban J connectivity index is 1.63. The summed E-state index contributed by atoms with van der Waals surface area (Å²) < 4.78 is 5.36. The van der Waals surface area contributed by atoms with Gasteiger partial charge in [-0.1, -0.05) is 35.8 Å². The third-order valence-corrected chi connectivity index (χ3v) is 4.53. The maximum absolute atomic E-state index is 6.28. The van der Waals surface area contributed by atoms with Gasteiger partial charge in [0.25, 0.3) is 0 Å². The minimum absolute atomic E-state index is 0.154. The Morgan fingerprint density at radius 1 is 1.23 bits per heavy atom. The zero-order valence-corrected chi connectivity index (χ0v) is 13.8. The number of anilines is 1. The van der Waals surface area contributed by atoms with Gasteiger partial charge in [0.1, 0.15) is 0 Å². The molecule has 0 bridgehead atoms. The third kappa shape index (κ3) is 3.10. The van der Waals surface area contributed by atoms with Crippen LogP contribution in [0.15, 0.2) is 28.8 Å². The van der Waals surface area contributed by atoms with Crippen LogP contribution in [0.5, 0.6) is 0 Å². The molecule has 0 spiro atoms. The molecule has 5 nitrogen and oxygen atoms in total. The largest absolute Gasteiger partial charge is 0.368 e. The van der Waals surface area contributed by atoms with E-state index in [-0.39, 0.29) is 6.04 Å². The number of hydrogen-bond acceptors (Lipinski definition) is 5. The van der Waals surface area contributed by atoms with Crippen LogP contribution in [-0.2, 0) is 6.42 Å². The predicted octanol–water partition coefficient (Wildman–Crippen LogP) is 3.17. The number of aromatic nitrogens is 2. The molecular weight excluding hydrogens is 300 g/mol. The Morgan fingerprint density at radius 3 is 2.59 bits per heavy atom. The highest BCUT2D eigenvalue weighted by molar-refractivity contribution is 6.33. The highest BCUT2D eigenvalue weighted by atomic mass is 35.5. The van der Waals surface area contributed by atoms with Crippen LogP contribution in [0.2, 0.25) is 5.02 Å². The minimum atomic E-state index is 0.154. The van der Waals surface area contributed by atoms with Crippen LogP contribution >= 0.6 is 11.6 Å². The summed E-state index contributed by atoms with van der Waals surface area (Å²) in [6.45, 7) is 7.96. The van der Waals surface area contributed by atoms with Crippen LogP contribution < -0.4 is 4.90 Å². The summed E-state index contributed by atoms with van der Waals surface area (Å²) in [4.78, 5) is 9.15. The molecule has 0 saturated carbocycles. The van der Waals surface area contributed by atoms with Crippen LogP contribution in [0.25, 0.3) is 0 Å². The zero-order valence-electron chi connectivity index (χ0n) is 13.0. The first-order chi connectivity index (χ1) is 10.7. The van der Waals surface area contributed by atoms with E-state index in [0.29, 0.717) is 5.89 Å². The molecule has 1 atom stereocenters. The normalized spacial score (nSPS) is 17.7. The Labute approximate surface area is 135 Å². The van der Waals surface area contributed by atoms with Gasteiger partial charge >= 0.3 is 0 Å². The summed E-state index contributed by atoms with van der Waals surface area (Å²) >= 11 is 6.28. The van der Waals surface area contributed by atoms with E-state index in [1.54, 1.807) is 0 Å². The summed E-state index contributed by atoms with van der Waals surface area (Å²) in [5.41, 5.74) is 1.11. The lowest BCUT2D eigenvalue weighted by Gasteiger charge is -2.38. The number of benzene rings is 1. The molecule has 3 rings (SSSR count). The molecule has 118 valence electrons. The molecule has 1 saturated heterocycles. The highest BCUT2D eigenvalue weighted by Gasteiger charge is 2.26. The van der Waals surface area contributed by atoms with Crippen molar-refractivity contribution < 1.29 is 4.52 Å². The van der Waals surface area contributed by atoms with Crippen molar-refractivity contribution in [3.8, 4) is 0 Å². The Bertz CT molecular complexity index is 622. The second-order valence-corrected chi connectivity index (χ2v) is 5.96. The molecular formula is C16H21ClN4O. The maximum Gasteiger partial charge on any atom is 0.243 e. The van der Waals surface area contributed by atoms with Crippen molar-refractivity contribution in [3.63, 3.8) is 0 Å². The standard InChI is InChI=1S/C16H21ClN4O/c1-3-15-18-16(22-19-15)12(2)20-8-10-21(11-9-20)14-7-5-4-6-13(14)17/h4-7,12H,3,8-11H2,1-2H3/t12-/m0/s1. The first-order valence-corrected chi connectivity index (χ1v) is 8.13. The molecule has 0 radical (unpaired) electrons. The van der Waals surface area contributed by atoms with Gasteiger partial charge in [-0.15, -0.1) is 0 Å². The van der Waals surface area contributed by atoms with Crippen molar-refractivity contribution in [2.24, 2.45) is 0 Å². The van der Waals surface area contributed by atoms with Crippen LogP contribution in [0, 0.1) is 0 Å². The van der Waals surface area contributed by atoms with Crippen LogP contribution in [0.4, 0.5) is 5.69 Å². The molecule has 2 heterocycles. The Morgan fingerprint density at radius 2 is 1.95 bits per heavy atom. The van der Waals surface area contributed by atoms with E-state index in [1.165, 1.54) is 0 Å². The molecule has 22 heavy (non-hydrogen) atoms. The predicted molar refractivity (Wildman–Crippen MR) is 87.3 cm³/mol. The van der Waals surface area contributed by atoms with Gasteiger partial charge in [-0.3, -0.25) is 4.90 Å². The smallest absolute Gasteiger partial charge is 0.243 e. The fourth-order valence-corrected chi connectivity index (χ4v) is 3.05. The summed E-state index contributed by atoms with van der Waals surface area (Å²) in [6, 6.07) is 8.16. The van der Waals surface area contributed by atoms with E-state index in [4.69, 9.17) is 16.1 Å². The highest BCUT2D eigenvalue weighted by Crippen LogP contribution is 2.28. The molecule has 1 fully saturated rings. The first kappa shape index (κ1) is 15.3. The van der Waals surface area contributed by atoms with Crippen molar-refractivity contribution in [2.45, 2.75) is 26.3 Å². The van der Waals surface area contributed by atoms with E-state index in [2.05, 4.69) is 32.9 Å². The second-order valence-electron chi connectivity index (χ2n) is 5.55. The molecule has 1 aliphatic heterocycles. The van der Waals surface area contributed by atoms with Crippen LogP contribution in [-0.4, -0.2) is 41.2 Å². The average molecular weight is 321 g/mol. The van der Waals surface area contributed by atoms with E-state index in [1.807, 2.05) is 25.1 Å². The van der Waals surface area contributed by atoms with E-state index >= 15 is 0 Å². The molecule has 1 aromatic heterocycles. The quantitative estimate of drug-likeness (QED) is 0.866. The number of halogens is 1. The summed E-state index contributed by atoms with van der Waals surface area (Å²) in [6.07, 6.45) is 0.802. The van der Waals surface area contributed by atoms with Gasteiger partial charge in [0.15, 0.2) is 5.82 Å². The minimum Gasteiger partial charge on any atom is -0.368 e.